The lowest BCUT2D eigenvalue weighted by atomic mass is 10.1. The second kappa shape index (κ2) is 10.2. The van der Waals surface area contributed by atoms with E-state index < -0.39 is 36.7 Å². The highest BCUT2D eigenvalue weighted by molar-refractivity contribution is 5.96. The van der Waals surface area contributed by atoms with Gasteiger partial charge >= 0.3 is 18.6 Å². The van der Waals surface area contributed by atoms with E-state index in [0.717, 1.165) is 6.08 Å². The molecule has 0 bridgehead atoms. The predicted molar refractivity (Wildman–Crippen MR) is 96.0 cm³/mol. The molecule has 0 heterocycles. The molecule has 0 atom stereocenters. The average Bonchev–Trinajstić information content (AvgIpc) is 2.56. The fourth-order valence-corrected chi connectivity index (χ4v) is 1.86. The van der Waals surface area contributed by atoms with Gasteiger partial charge in [-0.3, -0.25) is 10.1 Å². The number of carbonyl (C=O) groups is 3. The van der Waals surface area contributed by atoms with Crippen molar-refractivity contribution < 1.29 is 37.4 Å². The summed E-state index contributed by atoms with van der Waals surface area (Å²) in [7, 11) is 1.28. The van der Waals surface area contributed by atoms with E-state index in [1.54, 1.807) is 20.8 Å². The molecule has 3 amide bonds. The molecule has 154 valence electrons. The molecule has 0 aliphatic rings. The monoisotopic (exact) mass is 400 g/mol. The lowest BCUT2D eigenvalue weighted by molar-refractivity contribution is -0.143. The number of methoxy groups -OCH3 is 1. The van der Waals surface area contributed by atoms with Gasteiger partial charge in [-0.15, -0.1) is 0 Å². The third-order valence-electron chi connectivity index (χ3n) is 2.90. The number of rotatable bonds is 7. The number of benzene rings is 1. The topological polar surface area (TPSA) is 103 Å². The van der Waals surface area contributed by atoms with Crippen molar-refractivity contribution in [2.75, 3.05) is 13.7 Å². The quantitative estimate of drug-likeness (QED) is 0.538. The number of carbonyl (C=O) groups excluding carboxylic acids is 3. The largest absolute Gasteiger partial charge is 0.493 e. The zero-order chi connectivity index (χ0) is 21.3. The van der Waals surface area contributed by atoms with E-state index >= 15 is 0 Å². The summed E-state index contributed by atoms with van der Waals surface area (Å²) in [5.74, 6) is -1.72. The number of ether oxygens (including phenoxy) is 3. The molecule has 28 heavy (non-hydrogen) atoms. The van der Waals surface area contributed by atoms with E-state index in [9.17, 15) is 23.2 Å². The third-order valence-corrected chi connectivity index (χ3v) is 2.90. The van der Waals surface area contributed by atoms with Crippen molar-refractivity contribution in [3.8, 4) is 11.5 Å². The van der Waals surface area contributed by atoms with Crippen molar-refractivity contribution in [3.63, 3.8) is 0 Å². The average molecular weight is 400 g/mol. The Morgan fingerprint density at radius 1 is 1.18 bits per heavy atom. The van der Waals surface area contributed by atoms with E-state index in [0.29, 0.717) is 5.56 Å². The Morgan fingerprint density at radius 3 is 2.43 bits per heavy atom. The Bertz CT molecular complexity index is 744. The maximum Gasteiger partial charge on any atom is 0.387 e. The smallest absolute Gasteiger partial charge is 0.387 e. The third kappa shape index (κ3) is 8.97. The molecular formula is C18H22F2N2O6. The van der Waals surface area contributed by atoms with Gasteiger partial charge in [0.15, 0.2) is 18.1 Å². The molecule has 0 saturated heterocycles. The van der Waals surface area contributed by atoms with Crippen LogP contribution in [0.1, 0.15) is 26.3 Å². The second-order valence-corrected chi connectivity index (χ2v) is 6.48. The van der Waals surface area contributed by atoms with E-state index in [-0.39, 0.29) is 11.5 Å². The standard InChI is InChI=1S/C18H22F2N2O6/c1-18(2,3)22-17(25)21-14(23)10-27-15(24)8-6-11-5-7-12(28-16(19)20)13(9-11)26-4/h5-9,16H,10H2,1-4H3,(H2,21,22,23,25)/b8-6+. The summed E-state index contributed by atoms with van der Waals surface area (Å²) in [6.45, 7) is 1.57. The summed E-state index contributed by atoms with van der Waals surface area (Å²) in [6, 6.07) is 3.36. The molecule has 0 fully saturated rings. The van der Waals surface area contributed by atoms with Crippen molar-refractivity contribution in [2.45, 2.75) is 32.9 Å². The van der Waals surface area contributed by atoms with Crippen LogP contribution in [0.5, 0.6) is 11.5 Å². The first-order chi connectivity index (χ1) is 13.0. The van der Waals surface area contributed by atoms with Crippen molar-refractivity contribution in [3.05, 3.63) is 29.8 Å². The van der Waals surface area contributed by atoms with Crippen LogP contribution in [-0.2, 0) is 14.3 Å². The fourth-order valence-electron chi connectivity index (χ4n) is 1.86. The first kappa shape index (κ1) is 22.9. The molecule has 1 aromatic carbocycles. The fraction of sp³-hybridized carbons (Fsp3) is 0.389. The summed E-state index contributed by atoms with van der Waals surface area (Å²) in [5.41, 5.74) is -0.0785. The molecule has 8 nitrogen and oxygen atoms in total. The highest BCUT2D eigenvalue weighted by Crippen LogP contribution is 2.29. The minimum atomic E-state index is -3.00. The van der Waals surface area contributed by atoms with Gasteiger partial charge in [-0.05, 0) is 44.5 Å². The van der Waals surface area contributed by atoms with Gasteiger partial charge < -0.3 is 19.5 Å². The van der Waals surface area contributed by atoms with Crippen LogP contribution in [0.3, 0.4) is 0 Å². The number of urea groups is 1. The van der Waals surface area contributed by atoms with E-state index in [1.807, 2.05) is 5.32 Å². The zero-order valence-corrected chi connectivity index (χ0v) is 15.9. The number of hydrogen-bond acceptors (Lipinski definition) is 6. The lowest BCUT2D eigenvalue weighted by Gasteiger charge is -2.20. The van der Waals surface area contributed by atoms with Crippen molar-refractivity contribution in [1.82, 2.24) is 10.6 Å². The Hall–Kier alpha value is -3.17. The van der Waals surface area contributed by atoms with Crippen LogP contribution in [0.2, 0.25) is 0 Å². The van der Waals surface area contributed by atoms with Gasteiger partial charge in [-0.2, -0.15) is 8.78 Å². The number of alkyl halides is 2. The molecule has 10 heteroatoms. The van der Waals surface area contributed by atoms with Crippen LogP contribution in [0, 0.1) is 0 Å². The molecule has 0 saturated carbocycles. The van der Waals surface area contributed by atoms with Crippen LogP contribution < -0.4 is 20.1 Å². The van der Waals surface area contributed by atoms with Gasteiger partial charge in [-0.1, -0.05) is 6.07 Å². The summed E-state index contributed by atoms with van der Waals surface area (Å²) in [4.78, 5) is 34.7. The zero-order valence-electron chi connectivity index (χ0n) is 15.9. The Balaban J connectivity index is 2.55. The summed E-state index contributed by atoms with van der Waals surface area (Å²) in [6.07, 6.45) is 2.37. The van der Waals surface area contributed by atoms with E-state index in [4.69, 9.17) is 9.47 Å². The first-order valence-corrected chi connectivity index (χ1v) is 8.10. The number of halogens is 2. The molecule has 2 N–H and O–H groups in total. The molecule has 0 aliphatic carbocycles. The molecule has 0 spiro atoms. The first-order valence-electron chi connectivity index (χ1n) is 8.10. The van der Waals surface area contributed by atoms with Gasteiger partial charge in [0.2, 0.25) is 0 Å². The molecule has 0 aliphatic heterocycles. The van der Waals surface area contributed by atoms with Crippen LogP contribution in [0.15, 0.2) is 24.3 Å². The normalized spacial score (nSPS) is 11.2. The molecule has 1 rings (SSSR count). The minimum Gasteiger partial charge on any atom is -0.493 e. The molecular weight excluding hydrogens is 378 g/mol. The van der Waals surface area contributed by atoms with Crippen LogP contribution in [-0.4, -0.2) is 43.8 Å². The maximum atomic E-state index is 12.3. The molecule has 0 aromatic heterocycles. The van der Waals surface area contributed by atoms with Gasteiger partial charge in [0.1, 0.15) is 0 Å². The van der Waals surface area contributed by atoms with Gasteiger partial charge in [0.25, 0.3) is 5.91 Å². The van der Waals surface area contributed by atoms with Gasteiger partial charge in [-0.25, -0.2) is 9.59 Å². The Labute approximate surface area is 160 Å². The highest BCUT2D eigenvalue weighted by atomic mass is 19.3. The van der Waals surface area contributed by atoms with Crippen molar-refractivity contribution >= 4 is 24.0 Å². The number of imide groups is 1. The Kier molecular flexibility index (Phi) is 8.36. The number of nitrogens with one attached hydrogen (secondary N) is 2. The van der Waals surface area contributed by atoms with Crippen molar-refractivity contribution in [1.29, 1.82) is 0 Å². The van der Waals surface area contributed by atoms with Gasteiger partial charge in [0, 0.05) is 11.6 Å². The number of esters is 1. The number of hydrogen-bond donors (Lipinski definition) is 2. The lowest BCUT2D eigenvalue weighted by Crippen LogP contribution is -2.49. The van der Waals surface area contributed by atoms with Gasteiger partial charge in [0.05, 0.1) is 7.11 Å². The predicted octanol–water partition coefficient (Wildman–Crippen LogP) is 2.48. The highest BCUT2D eigenvalue weighted by Gasteiger charge is 2.16. The summed E-state index contributed by atoms with van der Waals surface area (Å²) >= 11 is 0. The van der Waals surface area contributed by atoms with Crippen LogP contribution in [0.25, 0.3) is 6.08 Å². The number of amides is 3. The maximum absolute atomic E-state index is 12.3. The van der Waals surface area contributed by atoms with Crippen LogP contribution >= 0.6 is 0 Å². The summed E-state index contributed by atoms with van der Waals surface area (Å²) < 4.78 is 38.5. The SMILES string of the molecule is COc1cc(/C=C/C(=O)OCC(=O)NC(=O)NC(C)(C)C)ccc1OC(F)F. The summed E-state index contributed by atoms with van der Waals surface area (Å²) in [5, 5.41) is 4.54. The molecule has 0 radical (unpaired) electrons. The molecule has 1 aromatic rings. The second-order valence-electron chi connectivity index (χ2n) is 6.48. The molecule has 0 unspecified atom stereocenters. The van der Waals surface area contributed by atoms with E-state index in [1.165, 1.54) is 31.4 Å². The Morgan fingerprint density at radius 2 is 1.86 bits per heavy atom. The van der Waals surface area contributed by atoms with E-state index in [2.05, 4.69) is 10.1 Å². The van der Waals surface area contributed by atoms with Crippen molar-refractivity contribution in [2.24, 2.45) is 0 Å². The minimum absolute atomic E-state index is 0.0556. The van der Waals surface area contributed by atoms with Crippen LogP contribution in [0.4, 0.5) is 13.6 Å².